The largest absolute Gasteiger partial charge is 0.459 e. The molecule has 1 saturated heterocycles. The number of rotatable bonds is 0. The number of carbonyl (C=O) groups is 1. The van der Waals surface area contributed by atoms with E-state index in [4.69, 9.17) is 4.74 Å². The third-order valence-electron chi connectivity index (χ3n) is 5.53. The van der Waals surface area contributed by atoms with Crippen LogP contribution >= 0.6 is 0 Å². The maximum Gasteiger partial charge on any atom is 0.336 e. The zero-order valence-electron chi connectivity index (χ0n) is 11.0. The summed E-state index contributed by atoms with van der Waals surface area (Å²) in [5.41, 5.74) is 0.263. The standard InChI is InChI=1S/C15H20O3/c1-9-6-7-14(3)11(10(9)2)4-5-12-13(16)18-8-15(12,14)17/h5,9,11,17H,2,4,6-8H2,1,3H3/t9-,11-,14-,15+/m0/s1. The van der Waals surface area contributed by atoms with Gasteiger partial charge in [-0.15, -0.1) is 0 Å². The molecule has 0 aromatic heterocycles. The molecule has 1 aliphatic heterocycles. The third kappa shape index (κ3) is 1.21. The van der Waals surface area contributed by atoms with Gasteiger partial charge in [-0.3, -0.25) is 0 Å². The molecule has 0 aromatic carbocycles. The molecule has 0 amide bonds. The normalized spacial score (nSPS) is 47.2. The van der Waals surface area contributed by atoms with Crippen molar-refractivity contribution in [3.63, 3.8) is 0 Å². The van der Waals surface area contributed by atoms with E-state index >= 15 is 0 Å². The number of allylic oxidation sites excluding steroid dienone is 2. The minimum absolute atomic E-state index is 0.103. The zero-order chi connectivity index (χ0) is 13.1. The van der Waals surface area contributed by atoms with E-state index < -0.39 is 5.60 Å². The predicted molar refractivity (Wildman–Crippen MR) is 67.7 cm³/mol. The Hall–Kier alpha value is -1.09. The number of esters is 1. The second-order valence-electron chi connectivity index (χ2n) is 6.27. The molecule has 98 valence electrons. The molecular weight excluding hydrogens is 228 g/mol. The smallest absolute Gasteiger partial charge is 0.336 e. The van der Waals surface area contributed by atoms with Crippen molar-refractivity contribution in [3.05, 3.63) is 23.8 Å². The highest BCUT2D eigenvalue weighted by molar-refractivity contribution is 5.93. The first-order valence-corrected chi connectivity index (χ1v) is 6.69. The van der Waals surface area contributed by atoms with Gasteiger partial charge in [0.1, 0.15) is 12.2 Å². The SMILES string of the molecule is C=C1[C@@H](C)CC[C@@]2(C)[C@H]1CC=C1C(=O)OC[C@@]12O. The molecule has 2 aliphatic carbocycles. The topological polar surface area (TPSA) is 46.5 Å². The van der Waals surface area contributed by atoms with E-state index in [1.807, 2.05) is 6.08 Å². The first-order chi connectivity index (χ1) is 8.40. The summed E-state index contributed by atoms with van der Waals surface area (Å²) in [6, 6.07) is 0. The van der Waals surface area contributed by atoms with E-state index in [1.54, 1.807) is 0 Å². The van der Waals surface area contributed by atoms with E-state index in [9.17, 15) is 9.90 Å². The zero-order valence-corrected chi connectivity index (χ0v) is 11.0. The minimum atomic E-state index is -1.12. The van der Waals surface area contributed by atoms with Crippen LogP contribution < -0.4 is 0 Å². The molecule has 0 aromatic rings. The fourth-order valence-corrected chi connectivity index (χ4v) is 3.99. The lowest BCUT2D eigenvalue weighted by atomic mass is 9.51. The number of cyclic esters (lactones) is 1. The van der Waals surface area contributed by atoms with Crippen molar-refractivity contribution in [2.75, 3.05) is 6.61 Å². The van der Waals surface area contributed by atoms with E-state index in [0.29, 0.717) is 11.5 Å². The predicted octanol–water partition coefficient (Wildman–Crippen LogP) is 2.21. The lowest BCUT2D eigenvalue weighted by Crippen LogP contribution is -2.57. The molecule has 0 unspecified atom stereocenters. The molecule has 3 heteroatoms. The van der Waals surface area contributed by atoms with Gasteiger partial charge in [-0.25, -0.2) is 4.79 Å². The van der Waals surface area contributed by atoms with Gasteiger partial charge < -0.3 is 9.84 Å². The van der Waals surface area contributed by atoms with Crippen molar-refractivity contribution in [2.24, 2.45) is 17.3 Å². The van der Waals surface area contributed by atoms with Crippen LogP contribution in [0, 0.1) is 17.3 Å². The van der Waals surface area contributed by atoms with Crippen LogP contribution in [-0.4, -0.2) is 23.3 Å². The van der Waals surface area contributed by atoms with Crippen LogP contribution in [0.3, 0.4) is 0 Å². The second kappa shape index (κ2) is 3.47. The quantitative estimate of drug-likeness (QED) is 0.528. The van der Waals surface area contributed by atoms with Crippen molar-refractivity contribution in [1.82, 2.24) is 0 Å². The highest BCUT2D eigenvalue weighted by Crippen LogP contribution is 2.59. The first-order valence-electron chi connectivity index (χ1n) is 6.69. The average Bonchev–Trinajstić information content (AvgIpc) is 2.63. The summed E-state index contributed by atoms with van der Waals surface area (Å²) < 4.78 is 5.09. The molecule has 4 atom stereocenters. The van der Waals surface area contributed by atoms with Crippen LogP contribution in [0.4, 0.5) is 0 Å². The number of carbonyl (C=O) groups excluding carboxylic acids is 1. The summed E-state index contributed by atoms with van der Waals surface area (Å²) >= 11 is 0. The summed E-state index contributed by atoms with van der Waals surface area (Å²) in [7, 11) is 0. The molecule has 0 radical (unpaired) electrons. The Kier molecular flexibility index (Phi) is 2.31. The van der Waals surface area contributed by atoms with E-state index in [-0.39, 0.29) is 23.9 Å². The van der Waals surface area contributed by atoms with Crippen LogP contribution in [0.5, 0.6) is 0 Å². The van der Waals surface area contributed by atoms with Crippen molar-refractivity contribution in [2.45, 2.75) is 38.7 Å². The maximum atomic E-state index is 11.7. The van der Waals surface area contributed by atoms with E-state index in [1.165, 1.54) is 5.57 Å². The number of hydrogen-bond acceptors (Lipinski definition) is 3. The summed E-state index contributed by atoms with van der Waals surface area (Å²) in [5.74, 6) is 0.408. The Balaban J connectivity index is 2.10. The van der Waals surface area contributed by atoms with Gasteiger partial charge in [0.25, 0.3) is 0 Å². The average molecular weight is 248 g/mol. The molecule has 2 fully saturated rings. The fourth-order valence-electron chi connectivity index (χ4n) is 3.99. The van der Waals surface area contributed by atoms with Crippen LogP contribution in [0.15, 0.2) is 23.8 Å². The maximum absolute atomic E-state index is 11.7. The lowest BCUT2D eigenvalue weighted by Gasteiger charge is -2.54. The molecule has 18 heavy (non-hydrogen) atoms. The van der Waals surface area contributed by atoms with Crippen LogP contribution in [0.1, 0.15) is 33.1 Å². The Morgan fingerprint density at radius 2 is 2.28 bits per heavy atom. The molecule has 3 nitrogen and oxygen atoms in total. The molecule has 1 heterocycles. The molecular formula is C15H20O3. The van der Waals surface area contributed by atoms with Gasteiger partial charge in [0.05, 0.1) is 5.57 Å². The molecule has 3 rings (SSSR count). The summed E-state index contributed by atoms with van der Waals surface area (Å²) in [5, 5.41) is 11.0. The minimum Gasteiger partial charge on any atom is -0.459 e. The summed E-state index contributed by atoms with van der Waals surface area (Å²) in [6.07, 6.45) is 4.61. The lowest BCUT2D eigenvalue weighted by molar-refractivity contribution is -0.136. The van der Waals surface area contributed by atoms with Gasteiger partial charge in [0, 0.05) is 5.41 Å². The molecule has 0 spiro atoms. The van der Waals surface area contributed by atoms with Crippen molar-refractivity contribution in [3.8, 4) is 0 Å². The summed E-state index contributed by atoms with van der Waals surface area (Å²) in [4.78, 5) is 11.7. The van der Waals surface area contributed by atoms with Crippen LogP contribution in [0.2, 0.25) is 0 Å². The Morgan fingerprint density at radius 1 is 1.56 bits per heavy atom. The number of ether oxygens (including phenoxy) is 1. The van der Waals surface area contributed by atoms with Crippen molar-refractivity contribution >= 4 is 5.97 Å². The fraction of sp³-hybridized carbons (Fsp3) is 0.667. The number of aliphatic hydroxyl groups is 1. The molecule has 0 bridgehead atoms. The highest BCUT2D eigenvalue weighted by atomic mass is 16.6. The Labute approximate surface area is 108 Å². The van der Waals surface area contributed by atoms with Crippen LogP contribution in [-0.2, 0) is 9.53 Å². The monoisotopic (exact) mass is 248 g/mol. The van der Waals surface area contributed by atoms with Gasteiger partial charge >= 0.3 is 5.97 Å². The molecule has 1 N–H and O–H groups in total. The van der Waals surface area contributed by atoms with E-state index in [2.05, 4.69) is 20.4 Å². The molecule has 1 saturated carbocycles. The van der Waals surface area contributed by atoms with Gasteiger partial charge in [0.15, 0.2) is 0 Å². The third-order valence-corrected chi connectivity index (χ3v) is 5.53. The Bertz CT molecular complexity index is 464. The highest BCUT2D eigenvalue weighted by Gasteiger charge is 2.62. The van der Waals surface area contributed by atoms with Gasteiger partial charge in [-0.2, -0.15) is 0 Å². The number of hydrogen-bond donors (Lipinski definition) is 1. The van der Waals surface area contributed by atoms with Gasteiger partial charge in [-0.1, -0.05) is 32.1 Å². The molecule has 3 aliphatic rings. The van der Waals surface area contributed by atoms with Crippen LogP contribution in [0.25, 0.3) is 0 Å². The van der Waals surface area contributed by atoms with E-state index in [0.717, 1.165) is 19.3 Å². The van der Waals surface area contributed by atoms with Crippen molar-refractivity contribution in [1.29, 1.82) is 0 Å². The van der Waals surface area contributed by atoms with Crippen molar-refractivity contribution < 1.29 is 14.6 Å². The number of fused-ring (bicyclic) bond motifs is 3. The second-order valence-corrected chi connectivity index (χ2v) is 6.27. The summed E-state index contributed by atoms with van der Waals surface area (Å²) in [6.45, 7) is 8.61. The Morgan fingerprint density at radius 3 is 3.00 bits per heavy atom. The first kappa shape index (κ1) is 12.0. The van der Waals surface area contributed by atoms with Gasteiger partial charge in [-0.05, 0) is 31.1 Å². The van der Waals surface area contributed by atoms with Gasteiger partial charge in [0.2, 0.25) is 0 Å².